The van der Waals surface area contributed by atoms with Gasteiger partial charge in [-0.1, -0.05) is 41.9 Å². The average molecular weight is 334 g/mol. The van der Waals surface area contributed by atoms with E-state index in [2.05, 4.69) is 53.2 Å². The number of halogens is 1. The number of para-hydroxylation sites is 1. The SMILES string of the molecule is Clc1cccc(COc2ccc(-n3ccc4ccccc43)cc2)c1. The van der Waals surface area contributed by atoms with Crippen LogP contribution in [0, 0.1) is 0 Å². The highest BCUT2D eigenvalue weighted by molar-refractivity contribution is 6.30. The van der Waals surface area contributed by atoms with Crippen LogP contribution in [0.4, 0.5) is 0 Å². The number of ether oxygens (including phenoxy) is 1. The predicted molar refractivity (Wildman–Crippen MR) is 99.1 cm³/mol. The van der Waals surface area contributed by atoms with Gasteiger partial charge >= 0.3 is 0 Å². The van der Waals surface area contributed by atoms with Crippen LogP contribution in [-0.4, -0.2) is 4.57 Å². The quantitative estimate of drug-likeness (QED) is 0.456. The zero-order valence-corrected chi connectivity index (χ0v) is 13.8. The molecule has 3 aromatic carbocycles. The number of fused-ring (bicyclic) bond motifs is 1. The highest BCUT2D eigenvalue weighted by atomic mass is 35.5. The molecule has 0 atom stereocenters. The summed E-state index contributed by atoms with van der Waals surface area (Å²) in [6.07, 6.45) is 2.09. The zero-order chi connectivity index (χ0) is 16.4. The van der Waals surface area contributed by atoms with Gasteiger partial charge in [0.1, 0.15) is 12.4 Å². The maximum Gasteiger partial charge on any atom is 0.119 e. The Labute approximate surface area is 145 Å². The Bertz CT molecular complexity index is 972. The predicted octanol–water partition coefficient (Wildman–Crippen LogP) is 5.86. The van der Waals surface area contributed by atoms with Crippen LogP contribution in [-0.2, 0) is 6.61 Å². The molecule has 0 bridgehead atoms. The second-order valence-electron chi connectivity index (χ2n) is 5.66. The lowest BCUT2D eigenvalue weighted by Crippen LogP contribution is -1.96. The minimum Gasteiger partial charge on any atom is -0.489 e. The summed E-state index contributed by atoms with van der Waals surface area (Å²) in [7, 11) is 0. The summed E-state index contributed by atoms with van der Waals surface area (Å²) < 4.78 is 8.02. The molecule has 0 saturated carbocycles. The average Bonchev–Trinajstić information content (AvgIpc) is 3.05. The molecule has 4 aromatic rings. The van der Waals surface area contributed by atoms with E-state index >= 15 is 0 Å². The Morgan fingerprint density at radius 1 is 0.833 bits per heavy atom. The Kier molecular flexibility index (Phi) is 3.97. The second-order valence-corrected chi connectivity index (χ2v) is 6.09. The summed E-state index contributed by atoms with van der Waals surface area (Å²) >= 11 is 5.99. The van der Waals surface area contributed by atoms with Gasteiger partial charge in [-0.25, -0.2) is 0 Å². The number of hydrogen-bond acceptors (Lipinski definition) is 1. The summed E-state index contributed by atoms with van der Waals surface area (Å²) in [4.78, 5) is 0. The Morgan fingerprint density at radius 2 is 1.67 bits per heavy atom. The standard InChI is InChI=1S/C21H16ClNO/c22-18-6-3-4-16(14-18)15-24-20-10-8-19(9-11-20)23-13-12-17-5-1-2-7-21(17)23/h1-14H,15H2. The molecule has 0 spiro atoms. The van der Waals surface area contributed by atoms with E-state index in [1.54, 1.807) is 0 Å². The number of rotatable bonds is 4. The van der Waals surface area contributed by atoms with Gasteiger partial charge in [0.2, 0.25) is 0 Å². The summed E-state index contributed by atoms with van der Waals surface area (Å²) in [5, 5.41) is 1.96. The summed E-state index contributed by atoms with van der Waals surface area (Å²) in [5.74, 6) is 0.843. The molecule has 0 unspecified atom stereocenters. The molecule has 1 aromatic heterocycles. The lowest BCUT2D eigenvalue weighted by atomic mass is 10.2. The smallest absolute Gasteiger partial charge is 0.119 e. The first-order valence-electron chi connectivity index (χ1n) is 7.83. The van der Waals surface area contributed by atoms with Gasteiger partial charge in [-0.05, 0) is 59.5 Å². The van der Waals surface area contributed by atoms with E-state index in [9.17, 15) is 0 Å². The third-order valence-corrected chi connectivity index (χ3v) is 4.24. The van der Waals surface area contributed by atoms with Crippen molar-refractivity contribution in [2.45, 2.75) is 6.61 Å². The van der Waals surface area contributed by atoms with E-state index in [0.717, 1.165) is 22.0 Å². The van der Waals surface area contributed by atoms with Gasteiger partial charge in [-0.2, -0.15) is 0 Å². The third-order valence-electron chi connectivity index (χ3n) is 4.01. The van der Waals surface area contributed by atoms with Gasteiger partial charge < -0.3 is 9.30 Å². The van der Waals surface area contributed by atoms with Crippen LogP contribution in [0.15, 0.2) is 85.1 Å². The van der Waals surface area contributed by atoms with E-state index in [1.165, 1.54) is 10.9 Å². The normalized spacial score (nSPS) is 10.9. The van der Waals surface area contributed by atoms with E-state index in [4.69, 9.17) is 16.3 Å². The first-order valence-corrected chi connectivity index (χ1v) is 8.21. The molecule has 3 heteroatoms. The van der Waals surface area contributed by atoms with E-state index in [1.807, 2.05) is 36.4 Å². The highest BCUT2D eigenvalue weighted by Crippen LogP contribution is 2.22. The van der Waals surface area contributed by atoms with Gasteiger partial charge in [0.15, 0.2) is 0 Å². The number of benzene rings is 3. The third kappa shape index (κ3) is 3.01. The van der Waals surface area contributed by atoms with Crippen LogP contribution in [0.3, 0.4) is 0 Å². The molecular weight excluding hydrogens is 318 g/mol. The molecule has 0 radical (unpaired) electrons. The Morgan fingerprint density at radius 3 is 2.50 bits per heavy atom. The molecule has 1 heterocycles. The van der Waals surface area contributed by atoms with Crippen molar-refractivity contribution < 1.29 is 4.74 Å². The largest absolute Gasteiger partial charge is 0.489 e. The van der Waals surface area contributed by atoms with Gasteiger partial charge in [-0.15, -0.1) is 0 Å². The second kappa shape index (κ2) is 6.42. The van der Waals surface area contributed by atoms with Crippen LogP contribution in [0.5, 0.6) is 5.75 Å². The van der Waals surface area contributed by atoms with Crippen molar-refractivity contribution in [2.75, 3.05) is 0 Å². The molecule has 0 aliphatic heterocycles. The van der Waals surface area contributed by atoms with E-state index in [0.29, 0.717) is 6.61 Å². The Hall–Kier alpha value is -2.71. The van der Waals surface area contributed by atoms with Gasteiger partial charge in [0, 0.05) is 16.9 Å². The molecule has 24 heavy (non-hydrogen) atoms. The fourth-order valence-electron chi connectivity index (χ4n) is 2.80. The lowest BCUT2D eigenvalue weighted by molar-refractivity contribution is 0.306. The monoisotopic (exact) mass is 333 g/mol. The topological polar surface area (TPSA) is 14.2 Å². The molecule has 2 nitrogen and oxygen atoms in total. The van der Waals surface area contributed by atoms with Gasteiger partial charge in [0.25, 0.3) is 0 Å². The maximum atomic E-state index is 5.99. The maximum absolute atomic E-state index is 5.99. The fraction of sp³-hybridized carbons (Fsp3) is 0.0476. The number of nitrogens with zero attached hydrogens (tertiary/aromatic N) is 1. The van der Waals surface area contributed by atoms with Crippen molar-refractivity contribution in [1.29, 1.82) is 0 Å². The molecular formula is C21H16ClNO. The lowest BCUT2D eigenvalue weighted by Gasteiger charge is -2.09. The minimum absolute atomic E-state index is 0.506. The molecule has 118 valence electrons. The number of aromatic nitrogens is 1. The van der Waals surface area contributed by atoms with E-state index in [-0.39, 0.29) is 0 Å². The van der Waals surface area contributed by atoms with Crippen LogP contribution < -0.4 is 4.74 Å². The molecule has 0 N–H and O–H groups in total. The minimum atomic E-state index is 0.506. The van der Waals surface area contributed by atoms with Crippen LogP contribution in [0.2, 0.25) is 5.02 Å². The molecule has 0 aliphatic rings. The fourth-order valence-corrected chi connectivity index (χ4v) is 3.02. The van der Waals surface area contributed by atoms with Crippen molar-refractivity contribution in [3.63, 3.8) is 0 Å². The first kappa shape index (κ1) is 14.9. The summed E-state index contributed by atoms with van der Waals surface area (Å²) in [6.45, 7) is 0.506. The van der Waals surface area contributed by atoms with Gasteiger partial charge in [0.05, 0.1) is 5.52 Å². The van der Waals surface area contributed by atoms with Crippen LogP contribution >= 0.6 is 11.6 Å². The summed E-state index contributed by atoms with van der Waals surface area (Å²) in [5.41, 5.74) is 3.37. The molecule has 0 aliphatic carbocycles. The van der Waals surface area contributed by atoms with Crippen molar-refractivity contribution in [3.8, 4) is 11.4 Å². The van der Waals surface area contributed by atoms with Crippen LogP contribution in [0.1, 0.15) is 5.56 Å². The summed E-state index contributed by atoms with van der Waals surface area (Å²) in [6, 6.07) is 26.3. The first-order chi connectivity index (χ1) is 11.8. The van der Waals surface area contributed by atoms with Crippen molar-refractivity contribution >= 4 is 22.5 Å². The van der Waals surface area contributed by atoms with Crippen molar-refractivity contribution in [2.24, 2.45) is 0 Å². The van der Waals surface area contributed by atoms with Crippen LogP contribution in [0.25, 0.3) is 16.6 Å². The molecule has 4 rings (SSSR count). The van der Waals surface area contributed by atoms with Crippen molar-refractivity contribution in [3.05, 3.63) is 95.6 Å². The van der Waals surface area contributed by atoms with Crippen molar-refractivity contribution in [1.82, 2.24) is 4.57 Å². The molecule has 0 saturated heterocycles. The Balaban J connectivity index is 1.52. The zero-order valence-electron chi connectivity index (χ0n) is 13.0. The number of hydrogen-bond donors (Lipinski definition) is 0. The van der Waals surface area contributed by atoms with Gasteiger partial charge in [-0.3, -0.25) is 0 Å². The highest BCUT2D eigenvalue weighted by Gasteiger charge is 2.03. The van der Waals surface area contributed by atoms with E-state index < -0.39 is 0 Å². The molecule has 0 fully saturated rings. The molecule has 0 amide bonds.